The zero-order chi connectivity index (χ0) is 14.5. The second-order valence-corrected chi connectivity index (χ2v) is 7.38. The molecule has 0 N–H and O–H groups in total. The van der Waals surface area contributed by atoms with Crippen molar-refractivity contribution in [2.45, 2.75) is 69.9 Å². The maximum Gasteiger partial charge on any atom is 0.114 e. The summed E-state index contributed by atoms with van der Waals surface area (Å²) in [6, 6.07) is 7.32. The first-order valence-electron chi connectivity index (χ1n) is 9.06. The van der Waals surface area contributed by atoms with Crippen molar-refractivity contribution < 1.29 is 0 Å². The Balaban J connectivity index is 0.00000135. The summed E-state index contributed by atoms with van der Waals surface area (Å²) < 4.78 is 2.49. The lowest BCUT2D eigenvalue weighted by molar-refractivity contribution is 0.444. The smallest absolute Gasteiger partial charge is 0.114 e. The van der Waals surface area contributed by atoms with Gasteiger partial charge in [0.1, 0.15) is 6.67 Å². The van der Waals surface area contributed by atoms with Crippen molar-refractivity contribution in [2.24, 2.45) is 4.99 Å². The first kappa shape index (κ1) is 15.3. The highest BCUT2D eigenvalue weighted by atomic mass is 35.5. The Kier molecular flexibility index (Phi) is 3.96. The minimum Gasteiger partial charge on any atom is -0.324 e. The van der Waals surface area contributed by atoms with Gasteiger partial charge in [-0.15, -0.1) is 12.4 Å². The highest BCUT2D eigenvalue weighted by Crippen LogP contribution is 2.41. The molecule has 3 heteroatoms. The third kappa shape index (κ3) is 2.34. The number of aliphatic imine (C=N–C) groups is 1. The molecule has 3 aliphatic rings. The van der Waals surface area contributed by atoms with Gasteiger partial charge in [-0.3, -0.25) is 4.99 Å². The molecule has 1 atom stereocenters. The number of benzene rings is 1. The molecule has 0 saturated heterocycles. The molecule has 1 saturated carbocycles. The molecule has 23 heavy (non-hydrogen) atoms. The van der Waals surface area contributed by atoms with Crippen molar-refractivity contribution >= 4 is 29.5 Å². The van der Waals surface area contributed by atoms with Crippen LogP contribution in [0.5, 0.6) is 0 Å². The molecule has 2 aromatic rings. The van der Waals surface area contributed by atoms with Crippen LogP contribution in [0.25, 0.3) is 10.9 Å². The minimum absolute atomic E-state index is 0. The molecule has 0 spiro atoms. The fourth-order valence-corrected chi connectivity index (χ4v) is 5.03. The maximum atomic E-state index is 4.62. The average molecular weight is 329 g/mol. The van der Waals surface area contributed by atoms with Crippen LogP contribution >= 0.6 is 12.4 Å². The standard InChI is InChI=1S/C20H24N2.ClH/c1-2-5-14(6-3-1)15-9-10-19-18(11-15)17-8-4-7-16-12-21-13-22(19)20(16)17;/h9-12,14,16H,1-8,13H2;1H. The number of nitrogens with zero attached hydrogens (tertiary/aromatic N) is 2. The van der Waals surface area contributed by atoms with Crippen molar-refractivity contribution in [1.29, 1.82) is 0 Å². The number of aromatic nitrogens is 1. The predicted octanol–water partition coefficient (Wildman–Crippen LogP) is 5.57. The zero-order valence-corrected chi connectivity index (χ0v) is 14.4. The summed E-state index contributed by atoms with van der Waals surface area (Å²) in [5.74, 6) is 1.38. The molecule has 1 aromatic heterocycles. The Morgan fingerprint density at radius 1 is 1.00 bits per heavy atom. The fourth-order valence-electron chi connectivity index (χ4n) is 5.03. The number of fused-ring (bicyclic) bond motifs is 3. The van der Waals surface area contributed by atoms with Gasteiger partial charge in [0.25, 0.3) is 0 Å². The Morgan fingerprint density at radius 2 is 1.87 bits per heavy atom. The lowest BCUT2D eigenvalue weighted by atomic mass is 9.83. The predicted molar refractivity (Wildman–Crippen MR) is 99.2 cm³/mol. The number of rotatable bonds is 1. The van der Waals surface area contributed by atoms with Gasteiger partial charge < -0.3 is 4.57 Å². The van der Waals surface area contributed by atoms with Crippen LogP contribution in [0.4, 0.5) is 0 Å². The molecule has 0 amide bonds. The number of aryl methyl sites for hydroxylation is 1. The van der Waals surface area contributed by atoms with Crippen LogP contribution in [-0.2, 0) is 13.1 Å². The van der Waals surface area contributed by atoms with E-state index < -0.39 is 0 Å². The van der Waals surface area contributed by atoms with E-state index in [2.05, 4.69) is 34.0 Å². The summed E-state index contributed by atoms with van der Waals surface area (Å²) in [6.07, 6.45) is 13.1. The van der Waals surface area contributed by atoms with E-state index in [4.69, 9.17) is 0 Å². The van der Waals surface area contributed by atoms with Gasteiger partial charge in [0.2, 0.25) is 0 Å². The maximum absolute atomic E-state index is 4.62. The Labute approximate surface area is 144 Å². The zero-order valence-electron chi connectivity index (χ0n) is 13.6. The van der Waals surface area contributed by atoms with Crippen LogP contribution in [0, 0.1) is 0 Å². The van der Waals surface area contributed by atoms with Crippen LogP contribution in [0.3, 0.4) is 0 Å². The van der Waals surface area contributed by atoms with Crippen LogP contribution in [0.2, 0.25) is 0 Å². The summed E-state index contributed by atoms with van der Waals surface area (Å²) in [6.45, 7) is 0.825. The first-order valence-corrected chi connectivity index (χ1v) is 9.06. The highest BCUT2D eigenvalue weighted by Gasteiger charge is 2.29. The van der Waals surface area contributed by atoms with Gasteiger partial charge in [0.15, 0.2) is 0 Å². The SMILES string of the molecule is C1=NCn2c3c(c4cc(C5CCCCC5)ccc42)CCCC13.Cl. The van der Waals surface area contributed by atoms with Crippen LogP contribution in [0.15, 0.2) is 23.2 Å². The van der Waals surface area contributed by atoms with Gasteiger partial charge in [-0.1, -0.05) is 25.3 Å². The molecule has 5 rings (SSSR count). The summed E-state index contributed by atoms with van der Waals surface area (Å²) in [7, 11) is 0. The minimum atomic E-state index is 0. The van der Waals surface area contributed by atoms with Crippen molar-refractivity contribution in [3.8, 4) is 0 Å². The van der Waals surface area contributed by atoms with E-state index in [1.807, 2.05) is 0 Å². The number of halogens is 1. The fraction of sp³-hybridized carbons (Fsp3) is 0.550. The van der Waals surface area contributed by atoms with Crippen LogP contribution < -0.4 is 0 Å². The summed E-state index contributed by atoms with van der Waals surface area (Å²) in [5.41, 5.74) is 6.23. The van der Waals surface area contributed by atoms with E-state index in [0.717, 1.165) is 12.6 Å². The van der Waals surface area contributed by atoms with E-state index in [1.165, 1.54) is 62.3 Å². The molecule has 1 aliphatic heterocycles. The molecule has 2 heterocycles. The van der Waals surface area contributed by atoms with Crippen molar-refractivity contribution in [1.82, 2.24) is 4.57 Å². The number of hydrogen-bond acceptors (Lipinski definition) is 1. The Morgan fingerprint density at radius 3 is 2.74 bits per heavy atom. The van der Waals surface area contributed by atoms with Gasteiger partial charge in [-0.2, -0.15) is 0 Å². The molecule has 0 radical (unpaired) electrons. The van der Waals surface area contributed by atoms with Gasteiger partial charge in [-0.05, 0) is 61.3 Å². The molecule has 2 aliphatic carbocycles. The Bertz CT molecular complexity index is 753. The molecule has 0 bridgehead atoms. The largest absolute Gasteiger partial charge is 0.324 e. The van der Waals surface area contributed by atoms with E-state index >= 15 is 0 Å². The average Bonchev–Trinajstić information content (AvgIpc) is 2.92. The lowest BCUT2D eigenvalue weighted by Crippen LogP contribution is -2.18. The van der Waals surface area contributed by atoms with Crippen molar-refractivity contribution in [3.05, 3.63) is 35.0 Å². The third-order valence-electron chi connectivity index (χ3n) is 6.11. The topological polar surface area (TPSA) is 17.3 Å². The second-order valence-electron chi connectivity index (χ2n) is 7.38. The second kappa shape index (κ2) is 5.98. The number of hydrogen-bond donors (Lipinski definition) is 0. The molecule has 122 valence electrons. The van der Waals surface area contributed by atoms with E-state index in [9.17, 15) is 0 Å². The van der Waals surface area contributed by atoms with Gasteiger partial charge >= 0.3 is 0 Å². The van der Waals surface area contributed by atoms with Crippen molar-refractivity contribution in [3.63, 3.8) is 0 Å². The highest BCUT2D eigenvalue weighted by molar-refractivity contribution is 5.89. The molecule has 1 unspecified atom stereocenters. The van der Waals surface area contributed by atoms with Gasteiger partial charge in [-0.25, -0.2) is 0 Å². The van der Waals surface area contributed by atoms with Crippen LogP contribution in [0.1, 0.15) is 73.6 Å². The Hall–Kier alpha value is -1.28. The normalized spacial score (nSPS) is 23.6. The molecular formula is C20H25ClN2. The monoisotopic (exact) mass is 328 g/mol. The molecule has 1 fully saturated rings. The van der Waals surface area contributed by atoms with Gasteiger partial charge in [0.05, 0.1) is 5.52 Å². The van der Waals surface area contributed by atoms with Crippen LogP contribution in [-0.4, -0.2) is 10.8 Å². The summed E-state index contributed by atoms with van der Waals surface area (Å²) in [5, 5.41) is 1.54. The molecular weight excluding hydrogens is 304 g/mol. The summed E-state index contributed by atoms with van der Waals surface area (Å²) in [4.78, 5) is 4.62. The van der Waals surface area contributed by atoms with E-state index in [1.54, 1.807) is 16.8 Å². The molecule has 1 aromatic carbocycles. The first-order chi connectivity index (χ1) is 10.9. The van der Waals surface area contributed by atoms with Crippen molar-refractivity contribution in [2.75, 3.05) is 0 Å². The van der Waals surface area contributed by atoms with E-state index in [0.29, 0.717) is 5.92 Å². The quantitative estimate of drug-likeness (QED) is 0.651. The van der Waals surface area contributed by atoms with E-state index in [-0.39, 0.29) is 12.4 Å². The van der Waals surface area contributed by atoms with Gasteiger partial charge in [0, 0.05) is 23.2 Å². The lowest BCUT2D eigenvalue weighted by Gasteiger charge is -2.25. The third-order valence-corrected chi connectivity index (χ3v) is 6.11. The molecule has 2 nitrogen and oxygen atoms in total. The summed E-state index contributed by atoms with van der Waals surface area (Å²) >= 11 is 0.